The van der Waals surface area contributed by atoms with Gasteiger partial charge >= 0.3 is 0 Å². The van der Waals surface area contributed by atoms with E-state index in [1.54, 1.807) is 7.11 Å². The molecule has 0 spiro atoms. The number of hydrogen-bond acceptors (Lipinski definition) is 3. The van der Waals surface area contributed by atoms with Crippen LogP contribution in [0.2, 0.25) is 0 Å². The summed E-state index contributed by atoms with van der Waals surface area (Å²) in [5.74, 6) is 0.914. The van der Waals surface area contributed by atoms with E-state index in [-0.39, 0.29) is 0 Å². The van der Waals surface area contributed by atoms with Gasteiger partial charge in [0, 0.05) is 20.2 Å². The Labute approximate surface area is 138 Å². The number of nitrogens with one attached hydrogen (secondary N) is 1. The lowest BCUT2D eigenvalue weighted by Crippen LogP contribution is -2.47. The van der Waals surface area contributed by atoms with Crippen molar-refractivity contribution in [1.29, 1.82) is 0 Å². The van der Waals surface area contributed by atoms with E-state index >= 15 is 0 Å². The molecule has 0 bridgehead atoms. The van der Waals surface area contributed by atoms with Crippen molar-refractivity contribution in [2.24, 2.45) is 4.99 Å². The summed E-state index contributed by atoms with van der Waals surface area (Å²) in [5, 5.41) is 3.54. The maximum atomic E-state index is 6.15. The van der Waals surface area contributed by atoms with Crippen LogP contribution in [0.25, 0.3) is 0 Å². The zero-order valence-corrected chi connectivity index (χ0v) is 13.7. The number of ether oxygens (including phenoxy) is 1. The minimum absolute atomic E-state index is 0.681. The SMILES string of the molecule is COC(C1=NCCCCCN1)(c1ccccc1)c1ccccc1. The molecule has 3 nitrogen and oxygen atoms in total. The average molecular weight is 308 g/mol. The topological polar surface area (TPSA) is 33.6 Å². The second-order valence-corrected chi connectivity index (χ2v) is 5.84. The summed E-state index contributed by atoms with van der Waals surface area (Å²) < 4.78 is 6.15. The molecule has 0 unspecified atom stereocenters. The van der Waals surface area contributed by atoms with Gasteiger partial charge in [0.1, 0.15) is 5.84 Å². The molecular formula is C20H24N2O. The first-order chi connectivity index (χ1) is 11.4. The molecule has 0 atom stereocenters. The van der Waals surface area contributed by atoms with Crippen LogP contribution >= 0.6 is 0 Å². The van der Waals surface area contributed by atoms with E-state index in [2.05, 4.69) is 53.8 Å². The van der Waals surface area contributed by atoms with Crippen LogP contribution in [0.1, 0.15) is 30.4 Å². The maximum absolute atomic E-state index is 6.15. The first kappa shape index (κ1) is 15.8. The molecule has 0 aliphatic carbocycles. The summed E-state index contributed by atoms with van der Waals surface area (Å²) in [4.78, 5) is 4.86. The molecule has 120 valence electrons. The van der Waals surface area contributed by atoms with Crippen LogP contribution in [-0.2, 0) is 10.3 Å². The third-order valence-electron chi connectivity index (χ3n) is 4.40. The van der Waals surface area contributed by atoms with Gasteiger partial charge < -0.3 is 10.1 Å². The van der Waals surface area contributed by atoms with E-state index < -0.39 is 5.60 Å². The molecule has 1 heterocycles. The normalized spacial score (nSPS) is 16.0. The van der Waals surface area contributed by atoms with Crippen molar-refractivity contribution in [2.75, 3.05) is 20.2 Å². The smallest absolute Gasteiger partial charge is 0.174 e. The largest absolute Gasteiger partial charge is 0.371 e. The monoisotopic (exact) mass is 308 g/mol. The highest BCUT2D eigenvalue weighted by atomic mass is 16.5. The Bertz CT molecular complexity index is 598. The molecule has 0 aromatic heterocycles. The van der Waals surface area contributed by atoms with Crippen molar-refractivity contribution in [3.63, 3.8) is 0 Å². The molecule has 0 fully saturated rings. The Morgan fingerprint density at radius 1 is 0.870 bits per heavy atom. The molecule has 3 heteroatoms. The van der Waals surface area contributed by atoms with Gasteiger partial charge in [-0.05, 0) is 30.4 Å². The predicted molar refractivity (Wildman–Crippen MR) is 94.8 cm³/mol. The van der Waals surface area contributed by atoms with E-state index in [9.17, 15) is 0 Å². The number of methoxy groups -OCH3 is 1. The standard InChI is InChI=1S/C20H24N2O/c1-23-20(17-11-5-2-6-12-17,18-13-7-3-8-14-18)19-21-15-9-4-10-16-22-19/h2-3,5-8,11-14H,4,9-10,15-16H2,1H3,(H,21,22). The van der Waals surface area contributed by atoms with Gasteiger partial charge in [-0.3, -0.25) is 4.99 Å². The minimum Gasteiger partial charge on any atom is -0.371 e. The van der Waals surface area contributed by atoms with Crippen LogP contribution in [0.5, 0.6) is 0 Å². The number of benzene rings is 2. The van der Waals surface area contributed by atoms with E-state index in [4.69, 9.17) is 9.73 Å². The van der Waals surface area contributed by atoms with Crippen LogP contribution in [0.4, 0.5) is 0 Å². The Balaban J connectivity index is 2.16. The van der Waals surface area contributed by atoms with Gasteiger partial charge in [-0.15, -0.1) is 0 Å². The van der Waals surface area contributed by atoms with E-state index in [1.807, 2.05) is 12.1 Å². The molecule has 0 radical (unpaired) electrons. The fraction of sp³-hybridized carbons (Fsp3) is 0.350. The molecule has 2 aromatic carbocycles. The van der Waals surface area contributed by atoms with E-state index in [0.29, 0.717) is 0 Å². The quantitative estimate of drug-likeness (QED) is 0.933. The molecule has 23 heavy (non-hydrogen) atoms. The molecule has 0 saturated heterocycles. The van der Waals surface area contributed by atoms with Gasteiger partial charge in [0.05, 0.1) is 0 Å². The predicted octanol–water partition coefficient (Wildman–Crippen LogP) is 3.75. The molecule has 0 saturated carbocycles. The highest BCUT2D eigenvalue weighted by Gasteiger charge is 2.40. The molecule has 0 amide bonds. The first-order valence-corrected chi connectivity index (χ1v) is 8.33. The zero-order valence-electron chi connectivity index (χ0n) is 13.7. The van der Waals surface area contributed by atoms with Crippen LogP contribution in [0.3, 0.4) is 0 Å². The fourth-order valence-corrected chi connectivity index (χ4v) is 3.22. The van der Waals surface area contributed by atoms with Gasteiger partial charge in [0.25, 0.3) is 0 Å². The highest BCUT2D eigenvalue weighted by Crippen LogP contribution is 2.34. The summed E-state index contributed by atoms with van der Waals surface area (Å²) in [5.41, 5.74) is 1.51. The lowest BCUT2D eigenvalue weighted by atomic mass is 9.84. The molecular weight excluding hydrogens is 284 g/mol. The third kappa shape index (κ3) is 3.15. The van der Waals surface area contributed by atoms with Crippen LogP contribution in [0, 0.1) is 0 Å². The minimum atomic E-state index is -0.681. The summed E-state index contributed by atoms with van der Waals surface area (Å²) in [6, 6.07) is 20.7. The van der Waals surface area contributed by atoms with Crippen molar-refractivity contribution in [3.8, 4) is 0 Å². The van der Waals surface area contributed by atoms with Crippen molar-refractivity contribution in [1.82, 2.24) is 5.32 Å². The van der Waals surface area contributed by atoms with Crippen molar-refractivity contribution >= 4 is 5.84 Å². The Kier molecular flexibility index (Phi) is 5.09. The summed E-state index contributed by atoms with van der Waals surface area (Å²) in [7, 11) is 1.77. The van der Waals surface area contributed by atoms with Crippen molar-refractivity contribution < 1.29 is 4.74 Å². The summed E-state index contributed by atoms with van der Waals surface area (Å²) in [6.07, 6.45) is 3.53. The van der Waals surface area contributed by atoms with Crippen LogP contribution in [0.15, 0.2) is 65.7 Å². The van der Waals surface area contributed by atoms with Gasteiger partial charge in [0.2, 0.25) is 0 Å². The summed E-state index contributed by atoms with van der Waals surface area (Å²) in [6.45, 7) is 1.77. The fourth-order valence-electron chi connectivity index (χ4n) is 3.22. The van der Waals surface area contributed by atoms with Crippen LogP contribution < -0.4 is 5.32 Å². The second kappa shape index (κ2) is 7.42. The Morgan fingerprint density at radius 2 is 1.48 bits per heavy atom. The number of nitrogens with zero attached hydrogens (tertiary/aromatic N) is 1. The van der Waals surface area contributed by atoms with Crippen LogP contribution in [-0.4, -0.2) is 26.0 Å². The van der Waals surface area contributed by atoms with E-state index in [1.165, 1.54) is 12.8 Å². The number of rotatable bonds is 4. The second-order valence-electron chi connectivity index (χ2n) is 5.84. The summed E-state index contributed by atoms with van der Waals surface area (Å²) >= 11 is 0. The molecule has 1 N–H and O–H groups in total. The number of hydrogen-bond donors (Lipinski definition) is 1. The average Bonchev–Trinajstić information content (AvgIpc) is 2.59. The molecule has 2 aromatic rings. The molecule has 1 aliphatic rings. The molecule has 1 aliphatic heterocycles. The van der Waals surface area contributed by atoms with Crippen molar-refractivity contribution in [2.45, 2.75) is 24.9 Å². The van der Waals surface area contributed by atoms with Gasteiger partial charge in [-0.2, -0.15) is 0 Å². The molecule has 3 rings (SSSR count). The lowest BCUT2D eigenvalue weighted by Gasteiger charge is -2.36. The van der Waals surface area contributed by atoms with E-state index in [0.717, 1.165) is 36.5 Å². The third-order valence-corrected chi connectivity index (χ3v) is 4.40. The number of amidine groups is 1. The lowest BCUT2D eigenvalue weighted by molar-refractivity contribution is 0.0794. The maximum Gasteiger partial charge on any atom is 0.174 e. The Hall–Kier alpha value is -2.13. The highest BCUT2D eigenvalue weighted by molar-refractivity contribution is 5.95. The van der Waals surface area contributed by atoms with Gasteiger partial charge in [0.15, 0.2) is 5.60 Å². The zero-order chi connectivity index (χ0) is 16.0. The van der Waals surface area contributed by atoms with Gasteiger partial charge in [-0.25, -0.2) is 0 Å². The number of aliphatic imine (C=N–C) groups is 1. The Morgan fingerprint density at radius 3 is 2.04 bits per heavy atom. The van der Waals surface area contributed by atoms with Crippen molar-refractivity contribution in [3.05, 3.63) is 71.8 Å². The van der Waals surface area contributed by atoms with Gasteiger partial charge in [-0.1, -0.05) is 60.7 Å². The first-order valence-electron chi connectivity index (χ1n) is 8.33.